The van der Waals surface area contributed by atoms with E-state index < -0.39 is 23.7 Å². The van der Waals surface area contributed by atoms with E-state index >= 15 is 4.79 Å². The molecule has 4 aliphatic rings. The van der Waals surface area contributed by atoms with Gasteiger partial charge in [0.25, 0.3) is 0 Å². The number of esters is 1. The molecule has 2 saturated heterocycles. The van der Waals surface area contributed by atoms with Crippen molar-refractivity contribution >= 4 is 28.7 Å². The number of rotatable bonds is 12. The van der Waals surface area contributed by atoms with Gasteiger partial charge in [0.05, 0.1) is 37.5 Å². The SMILES string of the molecule is C=CC1CC1(NC(=O)[C@@H]1C[C@@H](Oc2cc(-c3ccccc3)nc3cc(OC)ccc23)CN1C(=O)C(C1CCCCC1)N1CCCCC1)C(=O)OCC. The highest BCUT2D eigenvalue weighted by Crippen LogP contribution is 2.46. The maximum atomic E-state index is 15.0. The summed E-state index contributed by atoms with van der Waals surface area (Å²) in [5.74, 6) is 0.510. The third-order valence-corrected chi connectivity index (χ3v) is 11.6. The molecule has 10 heteroatoms. The topological polar surface area (TPSA) is 110 Å². The number of nitrogens with one attached hydrogen (secondary N) is 1. The van der Waals surface area contributed by atoms with E-state index in [0.29, 0.717) is 17.9 Å². The van der Waals surface area contributed by atoms with Crippen LogP contribution in [0.15, 0.2) is 67.3 Å². The molecular formula is C42H52N4O6. The minimum absolute atomic E-state index is 0.00407. The molecular weight excluding hydrogens is 656 g/mol. The number of hydrogen-bond acceptors (Lipinski definition) is 8. The van der Waals surface area contributed by atoms with E-state index in [1.165, 1.54) is 12.8 Å². The second kappa shape index (κ2) is 15.7. The first-order chi connectivity index (χ1) is 25.3. The summed E-state index contributed by atoms with van der Waals surface area (Å²) in [5, 5.41) is 3.88. The Labute approximate surface area is 306 Å². The van der Waals surface area contributed by atoms with Crippen LogP contribution in [0.5, 0.6) is 11.5 Å². The van der Waals surface area contributed by atoms with Gasteiger partial charge in [0.2, 0.25) is 11.8 Å². The quantitative estimate of drug-likeness (QED) is 0.172. The van der Waals surface area contributed by atoms with Gasteiger partial charge in [-0.15, -0.1) is 6.58 Å². The van der Waals surface area contributed by atoms with Crippen LogP contribution >= 0.6 is 0 Å². The Morgan fingerprint density at radius 3 is 2.46 bits per heavy atom. The largest absolute Gasteiger partial charge is 0.497 e. The Kier molecular flexibility index (Phi) is 10.8. The molecule has 7 rings (SSSR count). The van der Waals surface area contributed by atoms with Crippen LogP contribution in [0.1, 0.15) is 71.1 Å². The maximum absolute atomic E-state index is 15.0. The summed E-state index contributed by atoms with van der Waals surface area (Å²) in [6, 6.07) is 16.5. The lowest BCUT2D eigenvalue weighted by atomic mass is 9.82. The molecule has 2 aromatic carbocycles. The highest BCUT2D eigenvalue weighted by Gasteiger charge is 2.62. The predicted molar refractivity (Wildman–Crippen MR) is 200 cm³/mol. The fourth-order valence-electron chi connectivity index (χ4n) is 8.75. The first-order valence-corrected chi connectivity index (χ1v) is 19.2. The Hall–Kier alpha value is -4.44. The van der Waals surface area contributed by atoms with Crippen LogP contribution in [-0.2, 0) is 19.1 Å². The van der Waals surface area contributed by atoms with Crippen LogP contribution in [0.3, 0.4) is 0 Å². The molecule has 2 amide bonds. The van der Waals surface area contributed by atoms with Gasteiger partial charge >= 0.3 is 5.97 Å². The molecule has 276 valence electrons. The van der Waals surface area contributed by atoms with Crippen molar-refractivity contribution in [2.45, 2.75) is 94.9 Å². The number of likely N-dealkylation sites (tertiary alicyclic amines) is 2. The van der Waals surface area contributed by atoms with Gasteiger partial charge in [-0.1, -0.05) is 62.1 Å². The predicted octanol–water partition coefficient (Wildman–Crippen LogP) is 6.32. The number of ether oxygens (including phenoxy) is 3. The minimum atomic E-state index is -1.16. The summed E-state index contributed by atoms with van der Waals surface area (Å²) in [6.45, 7) is 7.89. The first-order valence-electron chi connectivity index (χ1n) is 19.2. The van der Waals surface area contributed by atoms with E-state index in [1.54, 1.807) is 25.0 Å². The van der Waals surface area contributed by atoms with Crippen molar-refractivity contribution < 1.29 is 28.6 Å². The van der Waals surface area contributed by atoms with Gasteiger partial charge in [0, 0.05) is 35.4 Å². The number of aromatic nitrogens is 1. The highest BCUT2D eigenvalue weighted by molar-refractivity contribution is 5.96. The second-order valence-electron chi connectivity index (χ2n) is 14.9. The zero-order valence-corrected chi connectivity index (χ0v) is 30.6. The first kappa shape index (κ1) is 35.9. The molecule has 10 nitrogen and oxygen atoms in total. The summed E-state index contributed by atoms with van der Waals surface area (Å²) in [5.41, 5.74) is 1.25. The van der Waals surface area contributed by atoms with E-state index in [9.17, 15) is 9.59 Å². The van der Waals surface area contributed by atoms with Gasteiger partial charge in [-0.05, 0) is 70.2 Å². The molecule has 3 heterocycles. The van der Waals surface area contributed by atoms with Crippen molar-refractivity contribution in [3.63, 3.8) is 0 Å². The van der Waals surface area contributed by atoms with E-state index in [4.69, 9.17) is 19.2 Å². The maximum Gasteiger partial charge on any atom is 0.332 e. The molecule has 2 saturated carbocycles. The van der Waals surface area contributed by atoms with Gasteiger partial charge in [0.1, 0.15) is 29.2 Å². The van der Waals surface area contributed by atoms with Crippen molar-refractivity contribution in [2.24, 2.45) is 11.8 Å². The molecule has 2 aliphatic carbocycles. The highest BCUT2D eigenvalue weighted by atomic mass is 16.5. The fraction of sp³-hybridized carbons (Fsp3) is 0.524. The average molecular weight is 709 g/mol. The van der Waals surface area contributed by atoms with Crippen molar-refractivity contribution in [1.29, 1.82) is 0 Å². The smallest absolute Gasteiger partial charge is 0.332 e. The monoisotopic (exact) mass is 708 g/mol. The summed E-state index contributed by atoms with van der Waals surface area (Å²) in [7, 11) is 1.63. The van der Waals surface area contributed by atoms with Gasteiger partial charge in [-0.3, -0.25) is 14.5 Å². The molecule has 1 aromatic heterocycles. The van der Waals surface area contributed by atoms with Crippen LogP contribution in [0.4, 0.5) is 0 Å². The normalized spacial score (nSPS) is 25.7. The van der Waals surface area contributed by atoms with Gasteiger partial charge in [-0.25, -0.2) is 9.78 Å². The van der Waals surface area contributed by atoms with Crippen molar-refractivity contribution in [3.8, 4) is 22.8 Å². The number of benzene rings is 2. The summed E-state index contributed by atoms with van der Waals surface area (Å²) in [6.07, 6.45) is 10.7. The Morgan fingerprint density at radius 2 is 1.77 bits per heavy atom. The van der Waals surface area contributed by atoms with Gasteiger partial charge in [0.15, 0.2) is 0 Å². The lowest BCUT2D eigenvalue weighted by Gasteiger charge is -2.42. The average Bonchev–Trinajstić information content (AvgIpc) is 3.74. The number of fused-ring (bicyclic) bond motifs is 1. The molecule has 4 fully saturated rings. The summed E-state index contributed by atoms with van der Waals surface area (Å²) in [4.78, 5) is 51.8. The number of methoxy groups -OCH3 is 1. The summed E-state index contributed by atoms with van der Waals surface area (Å²) < 4.78 is 17.8. The van der Waals surface area contributed by atoms with E-state index in [1.807, 2.05) is 54.6 Å². The number of amides is 2. The zero-order chi connectivity index (χ0) is 36.2. The van der Waals surface area contributed by atoms with Crippen molar-refractivity contribution in [2.75, 3.05) is 33.4 Å². The minimum Gasteiger partial charge on any atom is -0.497 e. The number of carbonyl (C=O) groups is 3. The standard InChI is InChI=1S/C42H52N4O6/c1-4-30-26-42(30,41(49)51-5-2)44-39(47)36-24-32(27-46(36)40(48)38(29-17-11-7-12-18-29)45-21-13-8-14-22-45)52-37-25-34(28-15-9-6-10-16-28)43-35-23-31(50-3)19-20-33(35)37/h4,6,9-10,15-16,19-20,23,25,29-30,32,36,38H,1,5,7-8,11-14,17-18,21-22,24,26-27H2,2-3H3,(H,44,47)/t30?,32-,36+,38?,42?/m1/s1. The number of hydrogen-bond donors (Lipinski definition) is 1. The van der Waals surface area contributed by atoms with Crippen molar-refractivity contribution in [3.05, 3.63) is 67.3 Å². The third kappa shape index (κ3) is 7.27. The van der Waals surface area contributed by atoms with Crippen LogP contribution in [-0.4, -0.2) is 89.6 Å². The molecule has 0 bridgehead atoms. The fourth-order valence-corrected chi connectivity index (χ4v) is 8.75. The lowest BCUT2D eigenvalue weighted by Crippen LogP contribution is -2.58. The third-order valence-electron chi connectivity index (χ3n) is 11.6. The molecule has 52 heavy (non-hydrogen) atoms. The van der Waals surface area contributed by atoms with Crippen LogP contribution in [0.25, 0.3) is 22.2 Å². The molecule has 3 aromatic rings. The van der Waals surface area contributed by atoms with Crippen LogP contribution < -0.4 is 14.8 Å². The summed E-state index contributed by atoms with van der Waals surface area (Å²) >= 11 is 0. The van der Waals surface area contributed by atoms with Gasteiger partial charge < -0.3 is 24.4 Å². The van der Waals surface area contributed by atoms with E-state index in [2.05, 4.69) is 16.8 Å². The van der Waals surface area contributed by atoms with Crippen molar-refractivity contribution in [1.82, 2.24) is 20.1 Å². The molecule has 0 radical (unpaired) electrons. The second-order valence-corrected chi connectivity index (χ2v) is 14.9. The zero-order valence-electron chi connectivity index (χ0n) is 30.6. The van der Waals surface area contributed by atoms with E-state index in [0.717, 1.165) is 73.8 Å². The van der Waals surface area contributed by atoms with E-state index in [-0.39, 0.29) is 49.3 Å². The Balaban J connectivity index is 1.23. The lowest BCUT2D eigenvalue weighted by molar-refractivity contribution is -0.151. The number of pyridine rings is 1. The van der Waals surface area contributed by atoms with Gasteiger partial charge in [-0.2, -0.15) is 0 Å². The number of carbonyl (C=O) groups excluding carboxylic acids is 3. The molecule has 3 unspecified atom stereocenters. The van der Waals surface area contributed by atoms with Crippen LogP contribution in [0, 0.1) is 11.8 Å². The molecule has 2 aliphatic heterocycles. The Morgan fingerprint density at radius 1 is 1.02 bits per heavy atom. The molecule has 1 N–H and O–H groups in total. The Bertz CT molecular complexity index is 1750. The number of nitrogens with zero attached hydrogens (tertiary/aromatic N) is 3. The molecule has 0 spiro atoms. The number of piperidine rings is 1. The molecule has 5 atom stereocenters. The van der Waals surface area contributed by atoms with Crippen LogP contribution in [0.2, 0.25) is 0 Å².